The number of fused-ring (bicyclic) bond motifs is 5. The van der Waals surface area contributed by atoms with Crippen LogP contribution in [-0.4, -0.2) is 52.0 Å². The molecule has 0 aromatic carbocycles. The minimum Gasteiger partial charge on any atom is -0.458 e. The molecule has 0 bridgehead atoms. The van der Waals surface area contributed by atoms with Gasteiger partial charge < -0.3 is 20.3 Å². The van der Waals surface area contributed by atoms with Crippen molar-refractivity contribution in [1.29, 1.82) is 0 Å². The number of rotatable bonds is 8. The van der Waals surface area contributed by atoms with Crippen molar-refractivity contribution < 1.29 is 34.1 Å². The summed E-state index contributed by atoms with van der Waals surface area (Å²) in [6.07, 6.45) is 6.94. The molecule has 8 nitrogen and oxygen atoms in total. The monoisotopic (exact) mass is 555 g/mol. The van der Waals surface area contributed by atoms with Gasteiger partial charge in [-0.1, -0.05) is 25.5 Å². The molecule has 0 aliphatic heterocycles. The van der Waals surface area contributed by atoms with E-state index in [4.69, 9.17) is 4.74 Å². The normalized spacial score (nSPS) is 36.8. The van der Waals surface area contributed by atoms with Crippen LogP contribution in [0.1, 0.15) is 64.4 Å². The first kappa shape index (κ1) is 27.9. The number of carbonyl (C=O) groups is 4. The molecule has 1 amide bonds. The van der Waals surface area contributed by atoms with Gasteiger partial charge in [0.1, 0.15) is 5.60 Å². The van der Waals surface area contributed by atoms with Gasteiger partial charge in [-0.05, 0) is 78.5 Å². The molecule has 7 atom stereocenters. The summed E-state index contributed by atoms with van der Waals surface area (Å²) < 4.78 is 5.20. The number of hydrogen-bond donors (Lipinski definition) is 3. The second kappa shape index (κ2) is 10.4. The molecule has 4 aliphatic rings. The molecule has 4 aliphatic carbocycles. The van der Waals surface area contributed by atoms with E-state index in [1.807, 2.05) is 29.8 Å². The Kier molecular flexibility index (Phi) is 7.45. The molecule has 0 radical (unpaired) electrons. The number of carbonyl (C=O) groups excluding carboxylic acids is 4. The molecule has 3 N–H and O–H groups in total. The SMILES string of the molecule is C[C@]12C=CC(=O)C=C1CC[C@@H]1[C@@H]2[C@H](O)C[C@@]2(C)[C@H]1CC[C@@]2(O)C(=O)COC(=O)CCC(=O)NCc1ccsc1. The Labute approximate surface area is 232 Å². The van der Waals surface area contributed by atoms with Crippen LogP contribution in [0.15, 0.2) is 40.6 Å². The molecule has 0 spiro atoms. The van der Waals surface area contributed by atoms with E-state index in [9.17, 15) is 29.4 Å². The highest BCUT2D eigenvalue weighted by Crippen LogP contribution is 2.67. The van der Waals surface area contributed by atoms with Gasteiger partial charge in [0.05, 0.1) is 12.5 Å². The zero-order chi connectivity index (χ0) is 28.0. The van der Waals surface area contributed by atoms with Crippen LogP contribution in [0.4, 0.5) is 0 Å². The van der Waals surface area contributed by atoms with Crippen molar-refractivity contribution in [2.45, 2.75) is 77.0 Å². The third-order valence-electron chi connectivity index (χ3n) is 10.1. The average Bonchev–Trinajstić information content (AvgIpc) is 3.51. The smallest absolute Gasteiger partial charge is 0.306 e. The Hall–Kier alpha value is -2.62. The van der Waals surface area contributed by atoms with Crippen LogP contribution in [0.5, 0.6) is 0 Å². The first-order valence-electron chi connectivity index (χ1n) is 13.8. The highest BCUT2D eigenvalue weighted by atomic mass is 32.1. The fourth-order valence-electron chi connectivity index (χ4n) is 8.02. The van der Waals surface area contributed by atoms with Crippen molar-refractivity contribution in [3.8, 4) is 0 Å². The fraction of sp³-hybridized carbons (Fsp3) is 0.600. The van der Waals surface area contributed by atoms with Crippen LogP contribution >= 0.6 is 11.3 Å². The number of thiophene rings is 1. The molecule has 39 heavy (non-hydrogen) atoms. The maximum absolute atomic E-state index is 13.4. The highest BCUT2D eigenvalue weighted by molar-refractivity contribution is 7.07. The van der Waals surface area contributed by atoms with Crippen LogP contribution in [0.25, 0.3) is 0 Å². The molecule has 210 valence electrons. The molecule has 5 rings (SSSR count). The molecule has 0 unspecified atom stereocenters. The number of amides is 1. The van der Waals surface area contributed by atoms with E-state index in [0.717, 1.165) is 24.0 Å². The standard InChI is InChI=1S/C30H37NO7S/c1-28-10-7-20(32)13-19(28)3-4-21-22-8-11-30(37,29(22,2)14-23(33)27(21)28)24(34)16-38-26(36)6-5-25(35)31-15-18-9-12-39-17-18/h7,9-10,12-13,17,21-23,27,33,37H,3-6,8,11,14-16H2,1-2H3,(H,31,35)/t21-,22-,23+,27+,28-,29-,30+/m0/s1. The summed E-state index contributed by atoms with van der Waals surface area (Å²) in [7, 11) is 0. The molecule has 9 heteroatoms. The molecule has 0 saturated heterocycles. The minimum absolute atomic E-state index is 0.0203. The number of ketones is 2. The Morgan fingerprint density at radius 1 is 1.21 bits per heavy atom. The lowest BCUT2D eigenvalue weighted by Gasteiger charge is -2.59. The van der Waals surface area contributed by atoms with Gasteiger partial charge in [-0.3, -0.25) is 19.2 Å². The number of nitrogens with one attached hydrogen (secondary N) is 1. The Morgan fingerprint density at radius 3 is 2.74 bits per heavy atom. The average molecular weight is 556 g/mol. The Balaban J connectivity index is 1.19. The first-order valence-corrected chi connectivity index (χ1v) is 14.7. The van der Waals surface area contributed by atoms with E-state index in [1.54, 1.807) is 12.2 Å². The molecular formula is C30H37NO7S. The second-order valence-corrected chi connectivity index (χ2v) is 12.9. The number of esters is 1. The van der Waals surface area contributed by atoms with Crippen molar-refractivity contribution in [3.63, 3.8) is 0 Å². The quantitative estimate of drug-likeness (QED) is 0.420. The number of aliphatic hydroxyl groups is 2. The van der Waals surface area contributed by atoms with Crippen molar-refractivity contribution >= 4 is 34.8 Å². The van der Waals surface area contributed by atoms with Gasteiger partial charge in [0, 0.05) is 29.7 Å². The highest BCUT2D eigenvalue weighted by Gasteiger charge is 2.68. The minimum atomic E-state index is -1.71. The summed E-state index contributed by atoms with van der Waals surface area (Å²) in [6.45, 7) is 3.80. The van der Waals surface area contributed by atoms with E-state index >= 15 is 0 Å². The molecule has 3 fully saturated rings. The molecule has 1 aromatic heterocycles. The van der Waals surface area contributed by atoms with Gasteiger partial charge in [0.2, 0.25) is 11.7 Å². The van der Waals surface area contributed by atoms with E-state index in [2.05, 4.69) is 12.2 Å². The van der Waals surface area contributed by atoms with Gasteiger partial charge in [-0.25, -0.2) is 0 Å². The molecule has 1 heterocycles. The maximum Gasteiger partial charge on any atom is 0.306 e. The Morgan fingerprint density at radius 2 is 2.00 bits per heavy atom. The third-order valence-corrected chi connectivity index (χ3v) is 10.8. The van der Waals surface area contributed by atoms with Gasteiger partial charge in [0.15, 0.2) is 12.4 Å². The summed E-state index contributed by atoms with van der Waals surface area (Å²) in [5, 5.41) is 29.8. The number of aliphatic hydroxyl groups excluding tert-OH is 1. The number of hydrogen-bond acceptors (Lipinski definition) is 8. The summed E-state index contributed by atoms with van der Waals surface area (Å²) in [5.41, 5.74) is -0.952. The summed E-state index contributed by atoms with van der Waals surface area (Å²) in [6, 6.07) is 1.91. The lowest BCUT2D eigenvalue weighted by molar-refractivity contribution is -0.181. The van der Waals surface area contributed by atoms with Gasteiger partial charge in [-0.15, -0.1) is 0 Å². The zero-order valence-corrected chi connectivity index (χ0v) is 23.3. The molecule has 1 aromatic rings. The van der Waals surface area contributed by atoms with Gasteiger partial charge in [0.25, 0.3) is 0 Å². The predicted molar refractivity (Wildman–Crippen MR) is 144 cm³/mol. The van der Waals surface area contributed by atoms with Crippen LogP contribution in [0, 0.1) is 28.6 Å². The van der Waals surface area contributed by atoms with E-state index < -0.39 is 40.9 Å². The van der Waals surface area contributed by atoms with Crippen LogP contribution in [-0.2, 0) is 30.5 Å². The van der Waals surface area contributed by atoms with Crippen LogP contribution < -0.4 is 5.32 Å². The second-order valence-electron chi connectivity index (χ2n) is 12.1. The molecule has 3 saturated carbocycles. The van der Waals surface area contributed by atoms with E-state index in [1.165, 1.54) is 11.3 Å². The van der Waals surface area contributed by atoms with Crippen molar-refractivity contribution in [1.82, 2.24) is 5.32 Å². The summed E-state index contributed by atoms with van der Waals surface area (Å²) in [4.78, 5) is 49.7. The maximum atomic E-state index is 13.4. The number of Topliss-reactive ketones (excluding diaryl/α,β-unsaturated/α-hetero) is 1. The number of ether oxygens (including phenoxy) is 1. The Bertz CT molecular complexity index is 1220. The largest absolute Gasteiger partial charge is 0.458 e. The zero-order valence-electron chi connectivity index (χ0n) is 22.5. The number of allylic oxidation sites excluding steroid dienone is 4. The third kappa shape index (κ3) is 4.83. The fourth-order valence-corrected chi connectivity index (χ4v) is 8.69. The van der Waals surface area contributed by atoms with Crippen LogP contribution in [0.2, 0.25) is 0 Å². The summed E-state index contributed by atoms with van der Waals surface area (Å²) in [5.74, 6) is -1.51. The topological polar surface area (TPSA) is 130 Å². The first-order chi connectivity index (χ1) is 18.5. The summed E-state index contributed by atoms with van der Waals surface area (Å²) >= 11 is 1.54. The van der Waals surface area contributed by atoms with Crippen molar-refractivity contribution in [3.05, 3.63) is 46.2 Å². The lowest BCUT2D eigenvalue weighted by Crippen LogP contribution is -2.61. The predicted octanol–water partition coefficient (Wildman–Crippen LogP) is 3.27. The van der Waals surface area contributed by atoms with E-state index in [-0.39, 0.29) is 55.1 Å². The van der Waals surface area contributed by atoms with E-state index in [0.29, 0.717) is 13.0 Å². The van der Waals surface area contributed by atoms with Crippen LogP contribution in [0.3, 0.4) is 0 Å². The lowest BCUT2D eigenvalue weighted by atomic mass is 9.46. The molecular weight excluding hydrogens is 518 g/mol. The van der Waals surface area contributed by atoms with Gasteiger partial charge >= 0.3 is 5.97 Å². The van der Waals surface area contributed by atoms with Crippen molar-refractivity contribution in [2.75, 3.05) is 6.61 Å². The van der Waals surface area contributed by atoms with Gasteiger partial charge in [-0.2, -0.15) is 11.3 Å². The van der Waals surface area contributed by atoms with Crippen molar-refractivity contribution in [2.24, 2.45) is 28.6 Å².